The second-order valence-electron chi connectivity index (χ2n) is 14.9. The number of fused-ring (bicyclic) bond motifs is 10. The van der Waals surface area contributed by atoms with Crippen LogP contribution in [0.3, 0.4) is 0 Å². The van der Waals surface area contributed by atoms with Gasteiger partial charge >= 0.3 is 0 Å². The predicted molar refractivity (Wildman–Crippen MR) is 231 cm³/mol. The van der Waals surface area contributed by atoms with Gasteiger partial charge in [0.2, 0.25) is 0 Å². The van der Waals surface area contributed by atoms with Gasteiger partial charge in [0.25, 0.3) is 0 Å². The highest BCUT2D eigenvalue weighted by molar-refractivity contribution is 7.85. The van der Waals surface area contributed by atoms with Crippen molar-refractivity contribution in [2.75, 3.05) is 0 Å². The zero-order valence-electron chi connectivity index (χ0n) is 30.7. The highest BCUT2D eigenvalue weighted by atomic mass is 31.2. The summed E-state index contributed by atoms with van der Waals surface area (Å²) >= 11 is 0. The molecule has 8 aromatic carbocycles. The molecule has 8 aromatic rings. The van der Waals surface area contributed by atoms with Crippen LogP contribution in [0, 0.1) is 13.8 Å². The molecule has 0 N–H and O–H groups in total. The van der Waals surface area contributed by atoms with Gasteiger partial charge in [-0.1, -0.05) is 193 Å². The smallest absolute Gasteiger partial charge is 0.171 e. The highest BCUT2D eigenvalue weighted by Crippen LogP contribution is 2.63. The summed E-state index contributed by atoms with van der Waals surface area (Å²) in [4.78, 5) is 0. The van der Waals surface area contributed by atoms with Gasteiger partial charge in [-0.3, -0.25) is 0 Å². The minimum absolute atomic E-state index is 0.729. The first-order valence-corrected chi connectivity index (χ1v) is 22.2. The maximum atomic E-state index is 16.0. The van der Waals surface area contributed by atoms with Crippen LogP contribution >= 0.6 is 14.3 Å². The van der Waals surface area contributed by atoms with E-state index in [9.17, 15) is 0 Å². The first-order chi connectivity index (χ1) is 26.8. The van der Waals surface area contributed by atoms with E-state index in [0.29, 0.717) is 0 Å². The fourth-order valence-corrected chi connectivity index (χ4v) is 14.5. The zero-order valence-corrected chi connectivity index (χ0v) is 32.5. The van der Waals surface area contributed by atoms with E-state index >= 15 is 9.13 Å². The van der Waals surface area contributed by atoms with Crippen LogP contribution in [0.5, 0.6) is 0 Å². The molecule has 2 unspecified atom stereocenters. The summed E-state index contributed by atoms with van der Waals surface area (Å²) in [6, 6.07) is 66.6. The van der Waals surface area contributed by atoms with Crippen molar-refractivity contribution in [3.63, 3.8) is 0 Å². The Bertz CT molecular complexity index is 2680. The summed E-state index contributed by atoms with van der Waals surface area (Å²) in [5.41, 5.74) is 10.7. The van der Waals surface area contributed by atoms with Gasteiger partial charge in [-0.15, -0.1) is 0 Å². The average Bonchev–Trinajstić information content (AvgIpc) is 3.71. The summed E-state index contributed by atoms with van der Waals surface area (Å²) in [6.07, 6.45) is 0. The minimum atomic E-state index is -3.31. The van der Waals surface area contributed by atoms with Crippen molar-refractivity contribution in [3.05, 3.63) is 228 Å². The van der Waals surface area contributed by atoms with Gasteiger partial charge in [-0.05, 0) is 70.5 Å². The Morgan fingerprint density at radius 3 is 1.02 bits per heavy atom. The molecular formula is C51H38O2P2. The second-order valence-corrected chi connectivity index (χ2v) is 20.4. The Balaban J connectivity index is 1.29. The summed E-state index contributed by atoms with van der Waals surface area (Å²) in [6.45, 7) is 4.12. The van der Waals surface area contributed by atoms with E-state index in [-0.39, 0.29) is 0 Å². The standard InChI is InChI=1S/C51H38O2P2/c1-35-21-25-39(26-22-35)54(52,37-13-5-3-6-14-37)41-29-31-45-46-32-30-42(55(53,38-15-7-4-8-16-38)40-27-23-36(2)24-28-40)34-50(46)51(49(45)33-41)47-19-11-9-17-43(47)44-18-10-12-20-48(44)51/h3-34H,1-2H3. The van der Waals surface area contributed by atoms with Crippen molar-refractivity contribution in [1.29, 1.82) is 0 Å². The molecule has 2 nitrogen and oxygen atoms in total. The van der Waals surface area contributed by atoms with E-state index in [2.05, 4.69) is 123 Å². The largest absolute Gasteiger partial charge is 0.309 e. The Hall–Kier alpha value is -5.78. The maximum Gasteiger partial charge on any atom is 0.171 e. The molecule has 2 aliphatic carbocycles. The summed E-state index contributed by atoms with van der Waals surface area (Å²) in [5, 5.41) is 4.82. The molecule has 0 aromatic heterocycles. The maximum absolute atomic E-state index is 16.0. The van der Waals surface area contributed by atoms with Gasteiger partial charge in [-0.25, -0.2) is 0 Å². The molecule has 55 heavy (non-hydrogen) atoms. The fraction of sp³-hybridized carbons (Fsp3) is 0.0588. The van der Waals surface area contributed by atoms with Crippen LogP contribution in [0.25, 0.3) is 22.3 Å². The molecule has 0 saturated heterocycles. The van der Waals surface area contributed by atoms with Gasteiger partial charge in [0.1, 0.15) is 0 Å². The van der Waals surface area contributed by atoms with E-state index in [1.54, 1.807) is 0 Å². The molecule has 2 atom stereocenters. The van der Waals surface area contributed by atoms with Gasteiger partial charge in [0, 0.05) is 31.8 Å². The quantitative estimate of drug-likeness (QED) is 0.159. The van der Waals surface area contributed by atoms with Crippen LogP contribution in [0.1, 0.15) is 33.4 Å². The van der Waals surface area contributed by atoms with Gasteiger partial charge in [0.15, 0.2) is 14.3 Å². The minimum Gasteiger partial charge on any atom is -0.309 e. The molecule has 0 radical (unpaired) electrons. The zero-order chi connectivity index (χ0) is 37.4. The lowest BCUT2D eigenvalue weighted by Crippen LogP contribution is -2.31. The van der Waals surface area contributed by atoms with Crippen LogP contribution in [0.15, 0.2) is 194 Å². The van der Waals surface area contributed by atoms with Crippen molar-refractivity contribution in [1.82, 2.24) is 0 Å². The van der Waals surface area contributed by atoms with Crippen LogP contribution in [-0.2, 0) is 14.5 Å². The van der Waals surface area contributed by atoms with Crippen molar-refractivity contribution in [2.24, 2.45) is 0 Å². The third kappa shape index (κ3) is 4.82. The third-order valence-corrected chi connectivity index (χ3v) is 17.9. The Kier molecular flexibility index (Phi) is 7.76. The van der Waals surface area contributed by atoms with Crippen molar-refractivity contribution >= 4 is 46.1 Å². The van der Waals surface area contributed by atoms with Gasteiger partial charge in [0.05, 0.1) is 5.41 Å². The molecule has 0 heterocycles. The molecular weight excluding hydrogens is 707 g/mol. The lowest BCUT2D eigenvalue weighted by atomic mass is 9.70. The number of hydrogen-bond acceptors (Lipinski definition) is 2. The number of aryl methyl sites for hydroxylation is 2. The molecule has 2 aliphatic rings. The molecule has 10 rings (SSSR count). The summed E-state index contributed by atoms with van der Waals surface area (Å²) < 4.78 is 32.0. The number of hydrogen-bond donors (Lipinski definition) is 0. The Morgan fingerprint density at radius 1 is 0.309 bits per heavy atom. The van der Waals surface area contributed by atoms with Crippen LogP contribution in [0.2, 0.25) is 0 Å². The van der Waals surface area contributed by atoms with Crippen molar-refractivity contribution < 1.29 is 9.13 Å². The normalized spacial score (nSPS) is 15.3. The second kappa shape index (κ2) is 12.6. The molecule has 4 heteroatoms. The van der Waals surface area contributed by atoms with Gasteiger partial charge < -0.3 is 9.13 Å². The van der Waals surface area contributed by atoms with Crippen LogP contribution in [-0.4, -0.2) is 0 Å². The van der Waals surface area contributed by atoms with Crippen LogP contribution in [0.4, 0.5) is 0 Å². The van der Waals surface area contributed by atoms with E-state index < -0.39 is 19.7 Å². The lowest BCUT2D eigenvalue weighted by Gasteiger charge is -2.32. The fourth-order valence-electron chi connectivity index (χ4n) is 9.19. The molecule has 1 spiro atoms. The van der Waals surface area contributed by atoms with E-state index in [0.717, 1.165) is 65.2 Å². The monoisotopic (exact) mass is 744 g/mol. The SMILES string of the molecule is Cc1ccc(P(=O)(c2ccccc2)c2ccc3c(c2)C2(c4ccccc4-c4ccccc42)c2cc(P(=O)(c4ccccc4)c4ccc(C)cc4)ccc2-3)cc1. The Labute approximate surface area is 322 Å². The Morgan fingerprint density at radius 2 is 0.618 bits per heavy atom. The third-order valence-electron chi connectivity index (χ3n) is 11.8. The van der Waals surface area contributed by atoms with Crippen molar-refractivity contribution in [2.45, 2.75) is 19.3 Å². The highest BCUT2D eigenvalue weighted by Gasteiger charge is 2.52. The molecule has 0 saturated carbocycles. The summed E-state index contributed by atoms with van der Waals surface area (Å²) in [7, 11) is -6.63. The van der Waals surface area contributed by atoms with E-state index in [1.807, 2.05) is 84.9 Å². The number of benzene rings is 8. The molecule has 264 valence electrons. The van der Waals surface area contributed by atoms with Gasteiger partial charge in [-0.2, -0.15) is 0 Å². The van der Waals surface area contributed by atoms with Crippen LogP contribution < -0.4 is 31.8 Å². The van der Waals surface area contributed by atoms with E-state index in [4.69, 9.17) is 0 Å². The molecule has 0 fully saturated rings. The molecule has 0 amide bonds. The average molecular weight is 745 g/mol. The van der Waals surface area contributed by atoms with Crippen molar-refractivity contribution in [3.8, 4) is 22.3 Å². The lowest BCUT2D eigenvalue weighted by molar-refractivity contribution is 0.591. The molecule has 0 aliphatic heterocycles. The number of rotatable bonds is 6. The predicted octanol–water partition coefficient (Wildman–Crippen LogP) is 9.93. The molecule has 0 bridgehead atoms. The summed E-state index contributed by atoms with van der Waals surface area (Å²) in [5.74, 6) is 0. The first kappa shape index (κ1) is 33.8. The van der Waals surface area contributed by atoms with E-state index in [1.165, 1.54) is 22.3 Å². The first-order valence-electron chi connectivity index (χ1n) is 18.8. The topological polar surface area (TPSA) is 34.1 Å².